The highest BCUT2D eigenvalue weighted by Gasteiger charge is 2.10. The van der Waals surface area contributed by atoms with Gasteiger partial charge in [-0.1, -0.05) is 30.3 Å². The Kier molecular flexibility index (Phi) is 2.93. The van der Waals surface area contributed by atoms with Crippen molar-refractivity contribution in [1.82, 2.24) is 9.38 Å². The van der Waals surface area contributed by atoms with Gasteiger partial charge in [-0.25, -0.2) is 4.98 Å². The average molecular weight is 254 g/mol. The summed E-state index contributed by atoms with van der Waals surface area (Å²) in [7, 11) is 1.62. The van der Waals surface area contributed by atoms with Crippen LogP contribution in [0.25, 0.3) is 16.8 Å². The van der Waals surface area contributed by atoms with Crippen LogP contribution < -0.4 is 4.74 Å². The molecule has 3 rings (SSSR count). The third-order valence-corrected chi connectivity index (χ3v) is 3.12. The summed E-state index contributed by atoms with van der Waals surface area (Å²) in [5.41, 5.74) is 3.63. The topological polar surface area (TPSA) is 46.8 Å². The van der Waals surface area contributed by atoms with Crippen LogP contribution >= 0.6 is 0 Å². The van der Waals surface area contributed by atoms with E-state index >= 15 is 0 Å². The fourth-order valence-electron chi connectivity index (χ4n) is 2.20. The molecule has 96 valence electrons. The van der Waals surface area contributed by atoms with E-state index < -0.39 is 0 Å². The van der Waals surface area contributed by atoms with Crippen LogP contribution in [0.4, 0.5) is 0 Å². The number of methoxy groups -OCH3 is 1. The van der Waals surface area contributed by atoms with Crippen molar-refractivity contribution < 1.29 is 9.84 Å². The SMILES string of the molecule is COc1cc(-c2ccccc2)cc2ncc(CO)n12. The van der Waals surface area contributed by atoms with Gasteiger partial charge >= 0.3 is 0 Å². The third-order valence-electron chi connectivity index (χ3n) is 3.12. The number of hydrogen-bond donors (Lipinski definition) is 1. The van der Waals surface area contributed by atoms with Crippen LogP contribution in [0.3, 0.4) is 0 Å². The molecule has 0 atom stereocenters. The summed E-state index contributed by atoms with van der Waals surface area (Å²) >= 11 is 0. The van der Waals surface area contributed by atoms with E-state index in [2.05, 4.69) is 4.98 Å². The van der Waals surface area contributed by atoms with Crippen molar-refractivity contribution in [2.45, 2.75) is 6.61 Å². The minimum Gasteiger partial charge on any atom is -0.482 e. The van der Waals surface area contributed by atoms with Crippen LogP contribution in [0.1, 0.15) is 5.69 Å². The minimum atomic E-state index is -0.0673. The summed E-state index contributed by atoms with van der Waals surface area (Å²) < 4.78 is 7.21. The summed E-state index contributed by atoms with van der Waals surface area (Å²) in [4.78, 5) is 4.31. The number of aliphatic hydroxyl groups is 1. The molecule has 1 aromatic carbocycles. The number of ether oxygens (including phenoxy) is 1. The monoisotopic (exact) mass is 254 g/mol. The van der Waals surface area contributed by atoms with Crippen molar-refractivity contribution in [3.63, 3.8) is 0 Å². The minimum absolute atomic E-state index is 0.0673. The van der Waals surface area contributed by atoms with E-state index in [0.717, 1.165) is 16.8 Å². The van der Waals surface area contributed by atoms with Crippen molar-refractivity contribution in [3.8, 4) is 17.0 Å². The molecule has 0 bridgehead atoms. The van der Waals surface area contributed by atoms with Crippen molar-refractivity contribution in [2.24, 2.45) is 0 Å². The molecule has 4 nitrogen and oxygen atoms in total. The number of aliphatic hydroxyl groups excluding tert-OH is 1. The fourth-order valence-corrected chi connectivity index (χ4v) is 2.20. The van der Waals surface area contributed by atoms with Gasteiger partial charge in [-0.3, -0.25) is 4.40 Å². The molecule has 0 fully saturated rings. The second-order valence-corrected chi connectivity index (χ2v) is 4.25. The standard InChI is InChI=1S/C15H14N2O2/c1-19-15-8-12(11-5-3-2-4-6-11)7-14-16-9-13(10-18)17(14)15/h2-9,18H,10H2,1H3. The Morgan fingerprint density at radius 3 is 2.63 bits per heavy atom. The van der Waals surface area contributed by atoms with Crippen LogP contribution in [0.15, 0.2) is 48.7 Å². The maximum absolute atomic E-state index is 9.31. The predicted octanol–water partition coefficient (Wildman–Crippen LogP) is 2.50. The number of imidazole rings is 1. The van der Waals surface area contributed by atoms with Crippen LogP contribution in [0.5, 0.6) is 5.88 Å². The van der Waals surface area contributed by atoms with Gasteiger partial charge in [0.15, 0.2) is 5.88 Å². The van der Waals surface area contributed by atoms with Crippen molar-refractivity contribution in [3.05, 3.63) is 54.4 Å². The Morgan fingerprint density at radius 2 is 1.95 bits per heavy atom. The maximum atomic E-state index is 9.31. The summed E-state index contributed by atoms with van der Waals surface area (Å²) in [5.74, 6) is 0.665. The van der Waals surface area contributed by atoms with Gasteiger partial charge in [0.25, 0.3) is 0 Å². The molecule has 0 radical (unpaired) electrons. The van der Waals surface area contributed by atoms with Crippen LogP contribution in [0.2, 0.25) is 0 Å². The van der Waals surface area contributed by atoms with Gasteiger partial charge in [0.1, 0.15) is 5.65 Å². The Labute approximate surface area is 110 Å². The Hall–Kier alpha value is -2.33. The molecule has 0 amide bonds. The molecule has 4 heteroatoms. The fraction of sp³-hybridized carbons (Fsp3) is 0.133. The second-order valence-electron chi connectivity index (χ2n) is 4.25. The van der Waals surface area contributed by atoms with Crippen molar-refractivity contribution >= 4 is 5.65 Å². The molecule has 0 aliphatic carbocycles. The molecule has 3 aromatic rings. The smallest absolute Gasteiger partial charge is 0.199 e. The molecular formula is C15H14N2O2. The predicted molar refractivity (Wildman–Crippen MR) is 73.1 cm³/mol. The van der Waals surface area contributed by atoms with E-state index in [1.165, 1.54) is 0 Å². The normalized spacial score (nSPS) is 10.8. The van der Waals surface area contributed by atoms with Gasteiger partial charge in [-0.05, 0) is 17.2 Å². The highest BCUT2D eigenvalue weighted by molar-refractivity contribution is 5.69. The number of aromatic nitrogens is 2. The molecule has 0 unspecified atom stereocenters. The van der Waals surface area contributed by atoms with E-state index in [-0.39, 0.29) is 6.61 Å². The lowest BCUT2D eigenvalue weighted by Crippen LogP contribution is -1.99. The number of pyridine rings is 1. The zero-order valence-corrected chi connectivity index (χ0v) is 10.6. The Bertz CT molecular complexity index is 705. The van der Waals surface area contributed by atoms with E-state index in [1.807, 2.05) is 46.9 Å². The highest BCUT2D eigenvalue weighted by atomic mass is 16.5. The highest BCUT2D eigenvalue weighted by Crippen LogP contribution is 2.27. The maximum Gasteiger partial charge on any atom is 0.199 e. The van der Waals surface area contributed by atoms with Gasteiger partial charge in [0, 0.05) is 6.07 Å². The third kappa shape index (κ3) is 1.96. The number of nitrogens with zero attached hydrogens (tertiary/aromatic N) is 2. The molecule has 0 aliphatic rings. The largest absolute Gasteiger partial charge is 0.482 e. The number of rotatable bonds is 3. The molecule has 0 spiro atoms. The van der Waals surface area contributed by atoms with Gasteiger partial charge in [0.2, 0.25) is 0 Å². The van der Waals surface area contributed by atoms with Gasteiger partial charge in [-0.15, -0.1) is 0 Å². The van der Waals surface area contributed by atoms with Crippen LogP contribution in [-0.2, 0) is 6.61 Å². The number of fused-ring (bicyclic) bond motifs is 1. The molecule has 1 N–H and O–H groups in total. The van der Waals surface area contributed by atoms with Crippen molar-refractivity contribution in [2.75, 3.05) is 7.11 Å². The van der Waals surface area contributed by atoms with E-state index in [1.54, 1.807) is 13.3 Å². The quantitative estimate of drug-likeness (QED) is 0.781. The zero-order chi connectivity index (χ0) is 13.2. The van der Waals surface area contributed by atoms with Crippen LogP contribution in [0, 0.1) is 0 Å². The number of hydrogen-bond acceptors (Lipinski definition) is 3. The Morgan fingerprint density at radius 1 is 1.16 bits per heavy atom. The van der Waals surface area contributed by atoms with Gasteiger partial charge in [0.05, 0.1) is 25.6 Å². The summed E-state index contributed by atoms with van der Waals surface area (Å²) in [5, 5.41) is 9.31. The summed E-state index contributed by atoms with van der Waals surface area (Å²) in [6.07, 6.45) is 1.66. The lowest BCUT2D eigenvalue weighted by atomic mass is 10.1. The molecule has 0 saturated heterocycles. The average Bonchev–Trinajstić information content (AvgIpc) is 2.90. The van der Waals surface area contributed by atoms with E-state index in [4.69, 9.17) is 4.74 Å². The summed E-state index contributed by atoms with van der Waals surface area (Å²) in [6, 6.07) is 14.0. The second kappa shape index (κ2) is 4.74. The molecule has 0 saturated carbocycles. The zero-order valence-electron chi connectivity index (χ0n) is 10.6. The first-order chi connectivity index (χ1) is 9.33. The molecule has 19 heavy (non-hydrogen) atoms. The Balaban J connectivity index is 2.24. The first-order valence-electron chi connectivity index (χ1n) is 6.04. The van der Waals surface area contributed by atoms with E-state index in [0.29, 0.717) is 11.6 Å². The van der Waals surface area contributed by atoms with Gasteiger partial charge in [-0.2, -0.15) is 0 Å². The molecule has 2 aromatic heterocycles. The number of benzene rings is 1. The molecular weight excluding hydrogens is 240 g/mol. The lowest BCUT2D eigenvalue weighted by molar-refractivity contribution is 0.273. The summed E-state index contributed by atoms with van der Waals surface area (Å²) in [6.45, 7) is -0.0673. The van der Waals surface area contributed by atoms with E-state index in [9.17, 15) is 5.11 Å². The first-order valence-corrected chi connectivity index (χ1v) is 6.04. The van der Waals surface area contributed by atoms with Crippen LogP contribution in [-0.4, -0.2) is 21.6 Å². The molecule has 2 heterocycles. The lowest BCUT2D eigenvalue weighted by Gasteiger charge is -2.09. The van der Waals surface area contributed by atoms with Gasteiger partial charge < -0.3 is 9.84 Å². The molecule has 0 aliphatic heterocycles. The van der Waals surface area contributed by atoms with Crippen molar-refractivity contribution in [1.29, 1.82) is 0 Å². The first kappa shape index (κ1) is 11.7.